The van der Waals surface area contributed by atoms with Crippen molar-refractivity contribution in [1.29, 1.82) is 0 Å². The summed E-state index contributed by atoms with van der Waals surface area (Å²) < 4.78 is 15.4. The Morgan fingerprint density at radius 3 is 2.93 bits per heavy atom. The van der Waals surface area contributed by atoms with Gasteiger partial charge in [0, 0.05) is 31.1 Å². The quantitative estimate of drug-likeness (QED) is 0.681. The normalized spacial score (nSPS) is 22.2. The zero-order valence-electron chi connectivity index (χ0n) is 14.7. The molecule has 2 amide bonds. The highest BCUT2D eigenvalue weighted by Crippen LogP contribution is 2.25. The summed E-state index contributed by atoms with van der Waals surface area (Å²) in [6, 6.07) is 2.48. The number of pyridine rings is 1. The van der Waals surface area contributed by atoms with E-state index >= 15 is 0 Å². The van der Waals surface area contributed by atoms with Crippen molar-refractivity contribution < 1.29 is 19.1 Å². The Morgan fingerprint density at radius 1 is 1.33 bits per heavy atom. The number of amides is 2. The second-order valence-electron chi connectivity index (χ2n) is 6.57. The predicted molar refractivity (Wildman–Crippen MR) is 94.0 cm³/mol. The number of halogens is 1. The third-order valence-electron chi connectivity index (χ3n) is 4.72. The van der Waals surface area contributed by atoms with Crippen LogP contribution in [0.3, 0.4) is 0 Å². The van der Waals surface area contributed by atoms with E-state index in [4.69, 9.17) is 0 Å². The highest BCUT2D eigenvalue weighted by Gasteiger charge is 2.34. The van der Waals surface area contributed by atoms with Gasteiger partial charge in [0.2, 0.25) is 5.91 Å². The van der Waals surface area contributed by atoms with Crippen molar-refractivity contribution in [1.82, 2.24) is 25.4 Å². The molecule has 0 unspecified atom stereocenters. The minimum Gasteiger partial charge on any atom is -0.391 e. The van der Waals surface area contributed by atoms with Gasteiger partial charge >= 0.3 is 0 Å². The molecule has 8 nitrogen and oxygen atoms in total. The number of carbonyl (C=O) groups is 2. The number of hydrogen-bond donors (Lipinski definition) is 3. The zero-order chi connectivity index (χ0) is 19.2. The van der Waals surface area contributed by atoms with Gasteiger partial charge in [-0.1, -0.05) is 0 Å². The number of hydrogen-bond acceptors (Lipinski definition) is 5. The Kier molecular flexibility index (Phi) is 6.12. The summed E-state index contributed by atoms with van der Waals surface area (Å²) in [6.07, 6.45) is 6.22. The first-order valence-corrected chi connectivity index (χ1v) is 8.88. The molecule has 2 aromatic heterocycles. The maximum atomic E-state index is 13.7. The number of aliphatic hydroxyl groups excluding tert-OH is 1. The van der Waals surface area contributed by atoms with Gasteiger partial charge < -0.3 is 15.7 Å². The van der Waals surface area contributed by atoms with E-state index in [1.807, 2.05) is 12.3 Å². The van der Waals surface area contributed by atoms with Crippen molar-refractivity contribution in [2.24, 2.45) is 5.92 Å². The number of aromatic nitrogens is 3. The fourth-order valence-corrected chi connectivity index (χ4v) is 3.22. The van der Waals surface area contributed by atoms with Crippen LogP contribution in [0.25, 0.3) is 0 Å². The summed E-state index contributed by atoms with van der Waals surface area (Å²) in [4.78, 5) is 28.3. The summed E-state index contributed by atoms with van der Waals surface area (Å²) in [5.41, 5.74) is -0.136. The van der Waals surface area contributed by atoms with E-state index in [0.29, 0.717) is 32.4 Å². The molecule has 3 rings (SSSR count). The molecule has 0 spiro atoms. The SMILES string of the molecule is O=C(N[C@@H]1C[C@@H](C(=O)NCCn2cccn2)CC[C@H]1O)c1ccncc1F. The summed E-state index contributed by atoms with van der Waals surface area (Å²) in [5, 5.41) is 19.7. The fraction of sp³-hybridized carbons (Fsp3) is 0.444. The molecule has 1 aliphatic rings. The monoisotopic (exact) mass is 375 g/mol. The maximum absolute atomic E-state index is 13.7. The first kappa shape index (κ1) is 19.0. The van der Waals surface area contributed by atoms with Crippen molar-refractivity contribution in [3.8, 4) is 0 Å². The molecule has 0 saturated heterocycles. The van der Waals surface area contributed by atoms with Crippen LogP contribution < -0.4 is 10.6 Å². The third-order valence-corrected chi connectivity index (χ3v) is 4.72. The van der Waals surface area contributed by atoms with Gasteiger partial charge in [0.05, 0.1) is 30.5 Å². The predicted octanol–water partition coefficient (Wildman–Crippen LogP) is 0.493. The fourth-order valence-electron chi connectivity index (χ4n) is 3.22. The van der Waals surface area contributed by atoms with E-state index in [9.17, 15) is 19.1 Å². The molecule has 144 valence electrons. The average molecular weight is 375 g/mol. The van der Waals surface area contributed by atoms with E-state index in [0.717, 1.165) is 6.20 Å². The van der Waals surface area contributed by atoms with Gasteiger partial charge in [-0.15, -0.1) is 0 Å². The van der Waals surface area contributed by atoms with Gasteiger partial charge in [-0.25, -0.2) is 4.39 Å². The van der Waals surface area contributed by atoms with Crippen LogP contribution in [0.1, 0.15) is 29.6 Å². The lowest BCUT2D eigenvalue weighted by atomic mass is 9.83. The van der Waals surface area contributed by atoms with Crippen molar-refractivity contribution in [2.45, 2.75) is 38.0 Å². The lowest BCUT2D eigenvalue weighted by molar-refractivity contribution is -0.127. The van der Waals surface area contributed by atoms with Gasteiger partial charge in [0.1, 0.15) is 0 Å². The van der Waals surface area contributed by atoms with Crippen molar-refractivity contribution in [3.05, 3.63) is 48.3 Å². The van der Waals surface area contributed by atoms with Gasteiger partial charge in [-0.3, -0.25) is 19.3 Å². The minimum atomic E-state index is -0.771. The smallest absolute Gasteiger partial charge is 0.254 e. The van der Waals surface area contributed by atoms with Gasteiger partial charge in [0.25, 0.3) is 5.91 Å². The van der Waals surface area contributed by atoms with Crippen LogP contribution in [0.4, 0.5) is 4.39 Å². The second kappa shape index (κ2) is 8.72. The molecule has 0 radical (unpaired) electrons. The van der Waals surface area contributed by atoms with E-state index in [-0.39, 0.29) is 17.4 Å². The largest absolute Gasteiger partial charge is 0.391 e. The number of aliphatic hydroxyl groups is 1. The molecule has 27 heavy (non-hydrogen) atoms. The third kappa shape index (κ3) is 4.88. The maximum Gasteiger partial charge on any atom is 0.254 e. The van der Waals surface area contributed by atoms with Crippen molar-refractivity contribution >= 4 is 11.8 Å². The standard InChI is InChI=1S/C18H22FN5O3/c19-14-11-20-6-4-13(14)18(27)23-15-10-12(2-3-16(15)25)17(26)21-7-9-24-8-1-5-22-24/h1,4-6,8,11-12,15-16,25H,2-3,7,9-10H2,(H,21,26)(H,23,27)/t12-,15+,16+/m0/s1. The molecule has 0 bridgehead atoms. The van der Waals surface area contributed by atoms with Crippen LogP contribution in [0.2, 0.25) is 0 Å². The molecular formula is C18H22FN5O3. The topological polar surface area (TPSA) is 109 Å². The molecule has 2 aromatic rings. The van der Waals surface area contributed by atoms with Crippen LogP contribution in [0, 0.1) is 11.7 Å². The van der Waals surface area contributed by atoms with Crippen molar-refractivity contribution in [2.75, 3.05) is 6.54 Å². The number of nitrogens with zero attached hydrogens (tertiary/aromatic N) is 3. The lowest BCUT2D eigenvalue weighted by Crippen LogP contribution is -2.49. The van der Waals surface area contributed by atoms with Gasteiger partial charge in [0.15, 0.2) is 5.82 Å². The van der Waals surface area contributed by atoms with E-state index < -0.39 is 23.9 Å². The number of nitrogens with one attached hydrogen (secondary N) is 2. The second-order valence-corrected chi connectivity index (χ2v) is 6.57. The summed E-state index contributed by atoms with van der Waals surface area (Å²) in [5.74, 6) is -1.80. The van der Waals surface area contributed by atoms with Gasteiger partial charge in [-0.05, 0) is 31.4 Å². The van der Waals surface area contributed by atoms with Crippen LogP contribution in [0.5, 0.6) is 0 Å². The molecule has 1 aliphatic carbocycles. The summed E-state index contributed by atoms with van der Waals surface area (Å²) in [7, 11) is 0. The minimum absolute atomic E-state index is 0.122. The molecule has 2 heterocycles. The highest BCUT2D eigenvalue weighted by atomic mass is 19.1. The van der Waals surface area contributed by atoms with Gasteiger partial charge in [-0.2, -0.15) is 5.10 Å². The van der Waals surface area contributed by atoms with Crippen molar-refractivity contribution in [3.63, 3.8) is 0 Å². The van der Waals surface area contributed by atoms with E-state index in [2.05, 4.69) is 20.7 Å². The molecule has 0 aliphatic heterocycles. The van der Waals surface area contributed by atoms with Crippen LogP contribution in [-0.2, 0) is 11.3 Å². The Balaban J connectivity index is 1.53. The molecule has 0 aromatic carbocycles. The lowest BCUT2D eigenvalue weighted by Gasteiger charge is -2.33. The summed E-state index contributed by atoms with van der Waals surface area (Å²) in [6.45, 7) is 1.01. The zero-order valence-corrected chi connectivity index (χ0v) is 14.7. The van der Waals surface area contributed by atoms with E-state index in [1.54, 1.807) is 10.9 Å². The number of rotatable bonds is 6. The molecule has 1 saturated carbocycles. The van der Waals surface area contributed by atoms with Crippen LogP contribution >= 0.6 is 0 Å². The Labute approximate surface area is 155 Å². The molecular weight excluding hydrogens is 353 g/mol. The molecule has 3 atom stereocenters. The highest BCUT2D eigenvalue weighted by molar-refractivity contribution is 5.94. The number of carbonyl (C=O) groups excluding carboxylic acids is 2. The molecule has 9 heteroatoms. The first-order chi connectivity index (χ1) is 13.0. The van der Waals surface area contributed by atoms with E-state index in [1.165, 1.54) is 12.3 Å². The molecule has 1 fully saturated rings. The Bertz CT molecular complexity index is 783. The molecule has 3 N–H and O–H groups in total. The Hall–Kier alpha value is -2.81. The summed E-state index contributed by atoms with van der Waals surface area (Å²) >= 11 is 0. The Morgan fingerprint density at radius 2 is 2.19 bits per heavy atom. The van der Waals surface area contributed by atoms with Crippen LogP contribution in [0.15, 0.2) is 36.9 Å². The van der Waals surface area contributed by atoms with Crippen LogP contribution in [-0.4, -0.2) is 50.4 Å². The first-order valence-electron chi connectivity index (χ1n) is 8.88. The average Bonchev–Trinajstić information content (AvgIpc) is 3.17.